The number of carbonyl (C=O) groups is 1. The van der Waals surface area contributed by atoms with E-state index >= 15 is 0 Å². The van der Waals surface area contributed by atoms with Crippen molar-refractivity contribution in [3.63, 3.8) is 0 Å². The summed E-state index contributed by atoms with van der Waals surface area (Å²) in [5.41, 5.74) is 1.07. The number of benzene rings is 1. The molecule has 1 aromatic carbocycles. The van der Waals surface area contributed by atoms with Crippen LogP contribution in [0.4, 0.5) is 18.9 Å². The molecule has 2 rings (SSSR count). The number of para-hydroxylation sites is 1. The largest absolute Gasteiger partial charge is 0.419 e. The Kier molecular flexibility index (Phi) is 11.8. The van der Waals surface area contributed by atoms with E-state index in [1.54, 1.807) is 17.9 Å². The fourth-order valence-corrected chi connectivity index (χ4v) is 3.65. The van der Waals surface area contributed by atoms with E-state index in [-0.39, 0.29) is 11.6 Å². The molecule has 0 unspecified atom stereocenters. The summed E-state index contributed by atoms with van der Waals surface area (Å²) in [6, 6.07) is 7.63. The Morgan fingerprint density at radius 3 is 2.71 bits per heavy atom. The summed E-state index contributed by atoms with van der Waals surface area (Å²) < 4.78 is 47.3. The Morgan fingerprint density at radius 2 is 2.00 bits per heavy atom. The van der Waals surface area contributed by atoms with Crippen molar-refractivity contribution < 1.29 is 22.7 Å². The first-order valence-corrected chi connectivity index (χ1v) is 12.2. The molecule has 194 valence electrons. The molecule has 1 aliphatic heterocycles. The summed E-state index contributed by atoms with van der Waals surface area (Å²) in [5.74, 6) is 0.381. The number of hydrogen-bond donors (Lipinski definition) is 2. The van der Waals surface area contributed by atoms with Crippen molar-refractivity contribution >= 4 is 17.4 Å². The van der Waals surface area contributed by atoms with Gasteiger partial charge in [0.25, 0.3) is 0 Å². The molecule has 0 saturated carbocycles. The number of anilines is 1. The number of nitrogens with one attached hydrogen (secondary N) is 2. The molecule has 0 aromatic heterocycles. The average molecular weight is 495 g/mol. The molecule has 0 aliphatic carbocycles. The van der Waals surface area contributed by atoms with Gasteiger partial charge >= 0.3 is 6.18 Å². The van der Waals surface area contributed by atoms with Crippen molar-refractivity contribution in [2.75, 3.05) is 38.2 Å². The minimum atomic E-state index is -4.57. The molecule has 35 heavy (non-hydrogen) atoms. The van der Waals surface area contributed by atoms with Crippen molar-refractivity contribution in [1.82, 2.24) is 10.2 Å². The van der Waals surface area contributed by atoms with Crippen molar-refractivity contribution in [1.29, 1.82) is 0 Å². The van der Waals surface area contributed by atoms with Gasteiger partial charge in [0, 0.05) is 37.2 Å². The number of unbranched alkanes of at least 4 members (excludes halogenated alkanes) is 1. The van der Waals surface area contributed by atoms with E-state index < -0.39 is 11.7 Å². The van der Waals surface area contributed by atoms with Crippen LogP contribution in [0.3, 0.4) is 0 Å². The first kappa shape index (κ1) is 28.4. The van der Waals surface area contributed by atoms with Crippen molar-refractivity contribution in [3.8, 4) is 0 Å². The third kappa shape index (κ3) is 9.76. The fourth-order valence-electron chi connectivity index (χ4n) is 3.65. The number of allylic oxidation sites excluding steroid dienone is 2. The molecule has 9 heteroatoms. The lowest BCUT2D eigenvalue weighted by Gasteiger charge is -2.21. The molecular weight excluding hydrogens is 457 g/mol. The highest BCUT2D eigenvalue weighted by atomic mass is 19.4. The molecule has 0 spiro atoms. The number of aliphatic imine (C=N–C) groups is 1. The molecule has 1 aliphatic rings. The number of amidine groups is 1. The van der Waals surface area contributed by atoms with Gasteiger partial charge in [0.05, 0.1) is 25.2 Å². The second-order valence-electron chi connectivity index (χ2n) is 8.32. The van der Waals surface area contributed by atoms with E-state index in [2.05, 4.69) is 15.6 Å². The van der Waals surface area contributed by atoms with Gasteiger partial charge in [-0.1, -0.05) is 44.5 Å². The summed E-state index contributed by atoms with van der Waals surface area (Å²) >= 11 is 0. The standard InChI is InChI=1S/C26H37F3N4O2/c1-4-6-11-24(30-14-9-15-33-16-18-35-17-13-25(33)34)22(26(27,28)29)19-31-20(3)32-23-12-8-7-10-21(23)5-2/h7-8,10-12,19,30H,4-6,9,13-18H2,1-3H3,(H,31,32)/b22-19+,24-11-. The van der Waals surface area contributed by atoms with Gasteiger partial charge in [-0.05, 0) is 37.8 Å². The quantitative estimate of drug-likeness (QED) is 0.186. The van der Waals surface area contributed by atoms with Crippen LogP contribution in [0.1, 0.15) is 52.0 Å². The second kappa shape index (κ2) is 14.6. The van der Waals surface area contributed by atoms with Gasteiger partial charge in [0.2, 0.25) is 5.91 Å². The summed E-state index contributed by atoms with van der Waals surface area (Å²) in [7, 11) is 0. The van der Waals surface area contributed by atoms with Crippen molar-refractivity contribution in [2.24, 2.45) is 4.99 Å². The summed E-state index contributed by atoms with van der Waals surface area (Å²) in [6.07, 6.45) is 0.747. The molecule has 1 fully saturated rings. The third-order valence-electron chi connectivity index (χ3n) is 5.57. The molecule has 6 nitrogen and oxygen atoms in total. The number of alkyl halides is 3. The number of nitrogens with zero attached hydrogens (tertiary/aromatic N) is 2. The topological polar surface area (TPSA) is 66.0 Å². The zero-order valence-electron chi connectivity index (χ0n) is 20.9. The van der Waals surface area contributed by atoms with Gasteiger partial charge < -0.3 is 20.3 Å². The van der Waals surface area contributed by atoms with Crippen LogP contribution in [0.2, 0.25) is 0 Å². The van der Waals surface area contributed by atoms with Crippen LogP contribution in [0.5, 0.6) is 0 Å². The average Bonchev–Trinajstić information content (AvgIpc) is 3.03. The van der Waals surface area contributed by atoms with Crippen LogP contribution in [-0.4, -0.2) is 55.7 Å². The Hall–Kier alpha value is -2.81. The van der Waals surface area contributed by atoms with E-state index in [0.717, 1.165) is 30.3 Å². The number of carbonyl (C=O) groups excluding carboxylic acids is 1. The zero-order chi connectivity index (χ0) is 25.7. The Morgan fingerprint density at radius 1 is 1.23 bits per heavy atom. The highest BCUT2D eigenvalue weighted by molar-refractivity contribution is 5.94. The van der Waals surface area contributed by atoms with E-state index in [9.17, 15) is 18.0 Å². The number of rotatable bonds is 11. The maximum absolute atomic E-state index is 14.0. The van der Waals surface area contributed by atoms with Gasteiger partial charge in [-0.25, -0.2) is 4.99 Å². The van der Waals surface area contributed by atoms with E-state index in [1.165, 1.54) is 0 Å². The van der Waals surface area contributed by atoms with Gasteiger partial charge in [-0.3, -0.25) is 4.79 Å². The molecule has 2 N–H and O–H groups in total. The van der Waals surface area contributed by atoms with E-state index in [1.807, 2.05) is 38.1 Å². The number of ether oxygens (including phenoxy) is 1. The molecule has 0 atom stereocenters. The first-order chi connectivity index (χ1) is 16.8. The van der Waals surface area contributed by atoms with Crippen LogP contribution in [0, 0.1) is 0 Å². The predicted octanol–water partition coefficient (Wildman–Crippen LogP) is 5.44. The number of aryl methyl sites for hydroxylation is 1. The lowest BCUT2D eigenvalue weighted by molar-refractivity contribution is -0.130. The van der Waals surface area contributed by atoms with Gasteiger partial charge in [0.1, 0.15) is 5.84 Å². The smallest absolute Gasteiger partial charge is 0.385 e. The lowest BCUT2D eigenvalue weighted by atomic mass is 10.1. The molecule has 1 amide bonds. The second-order valence-corrected chi connectivity index (χ2v) is 8.32. The van der Waals surface area contributed by atoms with E-state index in [4.69, 9.17) is 4.74 Å². The number of amides is 1. The van der Waals surface area contributed by atoms with Crippen LogP contribution in [0.25, 0.3) is 0 Å². The fraction of sp³-hybridized carbons (Fsp3) is 0.538. The maximum Gasteiger partial charge on any atom is 0.419 e. The maximum atomic E-state index is 14.0. The molecule has 1 aromatic rings. The molecular formula is C26H37F3N4O2. The Labute approximate surface area is 206 Å². The summed E-state index contributed by atoms with van der Waals surface area (Å²) in [6.45, 7) is 7.75. The highest BCUT2D eigenvalue weighted by Crippen LogP contribution is 2.31. The monoisotopic (exact) mass is 494 g/mol. The van der Waals surface area contributed by atoms with Crippen LogP contribution >= 0.6 is 0 Å². The van der Waals surface area contributed by atoms with E-state index in [0.29, 0.717) is 57.9 Å². The van der Waals surface area contributed by atoms with Crippen molar-refractivity contribution in [2.45, 2.75) is 59.1 Å². The summed E-state index contributed by atoms with van der Waals surface area (Å²) in [5, 5.41) is 6.04. The normalized spacial score (nSPS) is 16.3. The molecule has 0 bridgehead atoms. The molecule has 1 heterocycles. The number of halogens is 3. The lowest BCUT2D eigenvalue weighted by Crippen LogP contribution is -2.34. The van der Waals surface area contributed by atoms with Gasteiger partial charge in [0.15, 0.2) is 0 Å². The molecule has 0 radical (unpaired) electrons. The van der Waals surface area contributed by atoms with Crippen LogP contribution in [0.15, 0.2) is 52.8 Å². The van der Waals surface area contributed by atoms with Crippen LogP contribution < -0.4 is 10.6 Å². The number of hydrogen-bond acceptors (Lipinski definition) is 4. The van der Waals surface area contributed by atoms with Crippen LogP contribution in [-0.2, 0) is 16.0 Å². The molecule has 1 saturated heterocycles. The first-order valence-electron chi connectivity index (χ1n) is 12.2. The zero-order valence-corrected chi connectivity index (χ0v) is 20.9. The minimum Gasteiger partial charge on any atom is -0.385 e. The third-order valence-corrected chi connectivity index (χ3v) is 5.57. The van der Waals surface area contributed by atoms with Crippen molar-refractivity contribution in [3.05, 3.63) is 53.4 Å². The van der Waals surface area contributed by atoms with Gasteiger partial charge in [-0.15, -0.1) is 0 Å². The Balaban J connectivity index is 2.12. The SMILES string of the molecule is CCC/C=C(NCCCN1CCOCCC1=O)/C(=C\N=C(C)Nc1ccccc1CC)C(F)(F)F. The predicted molar refractivity (Wildman–Crippen MR) is 134 cm³/mol. The summed E-state index contributed by atoms with van der Waals surface area (Å²) in [4.78, 5) is 17.9. The Bertz CT molecular complexity index is 910. The minimum absolute atomic E-state index is 0.00962. The van der Waals surface area contributed by atoms with Gasteiger partial charge in [-0.2, -0.15) is 13.2 Å². The highest BCUT2D eigenvalue weighted by Gasteiger charge is 2.36.